The summed E-state index contributed by atoms with van der Waals surface area (Å²) in [7, 11) is 2.02. The van der Waals surface area contributed by atoms with Gasteiger partial charge in [0.05, 0.1) is 5.69 Å². The SMILES string of the molecule is Cc1c2c(nn1C)C(CN)CCC2. The summed E-state index contributed by atoms with van der Waals surface area (Å²) in [6, 6.07) is 0. The zero-order valence-corrected chi connectivity index (χ0v) is 8.38. The van der Waals surface area contributed by atoms with E-state index in [1.807, 2.05) is 11.7 Å². The maximum Gasteiger partial charge on any atom is 0.0702 e. The smallest absolute Gasteiger partial charge is 0.0702 e. The molecule has 0 saturated heterocycles. The van der Waals surface area contributed by atoms with E-state index in [4.69, 9.17) is 5.73 Å². The fraction of sp³-hybridized carbons (Fsp3) is 0.700. The third-order valence-corrected chi connectivity index (χ3v) is 3.14. The van der Waals surface area contributed by atoms with E-state index >= 15 is 0 Å². The third-order valence-electron chi connectivity index (χ3n) is 3.14. The van der Waals surface area contributed by atoms with Crippen LogP contribution in [0.2, 0.25) is 0 Å². The summed E-state index contributed by atoms with van der Waals surface area (Å²) in [4.78, 5) is 0. The van der Waals surface area contributed by atoms with Gasteiger partial charge >= 0.3 is 0 Å². The molecule has 0 aromatic carbocycles. The molecule has 1 aliphatic rings. The highest BCUT2D eigenvalue weighted by Gasteiger charge is 2.24. The van der Waals surface area contributed by atoms with Crippen LogP contribution in [0, 0.1) is 6.92 Å². The Morgan fingerprint density at radius 1 is 1.62 bits per heavy atom. The van der Waals surface area contributed by atoms with Crippen molar-refractivity contribution in [1.29, 1.82) is 0 Å². The monoisotopic (exact) mass is 179 g/mol. The molecule has 1 unspecified atom stereocenters. The topological polar surface area (TPSA) is 43.8 Å². The molecule has 0 fully saturated rings. The lowest BCUT2D eigenvalue weighted by Crippen LogP contribution is -2.18. The Hall–Kier alpha value is -0.830. The number of aromatic nitrogens is 2. The van der Waals surface area contributed by atoms with Crippen LogP contribution in [0.3, 0.4) is 0 Å². The van der Waals surface area contributed by atoms with Gasteiger partial charge < -0.3 is 5.73 Å². The van der Waals surface area contributed by atoms with Gasteiger partial charge in [-0.15, -0.1) is 0 Å². The quantitative estimate of drug-likeness (QED) is 0.701. The largest absolute Gasteiger partial charge is 0.330 e. The number of aryl methyl sites for hydroxylation is 1. The molecule has 0 radical (unpaired) electrons. The molecule has 13 heavy (non-hydrogen) atoms. The van der Waals surface area contributed by atoms with Crippen molar-refractivity contribution in [3.8, 4) is 0 Å². The molecule has 72 valence electrons. The second-order valence-corrected chi connectivity index (χ2v) is 3.90. The third kappa shape index (κ3) is 1.27. The molecule has 0 bridgehead atoms. The molecular weight excluding hydrogens is 162 g/mol. The van der Waals surface area contributed by atoms with Crippen molar-refractivity contribution in [3.63, 3.8) is 0 Å². The molecule has 3 heteroatoms. The van der Waals surface area contributed by atoms with Gasteiger partial charge in [-0.25, -0.2) is 0 Å². The van der Waals surface area contributed by atoms with Crippen LogP contribution in [0.25, 0.3) is 0 Å². The molecular formula is C10H17N3. The molecule has 1 aromatic rings. The number of hydrogen-bond donors (Lipinski definition) is 1. The first kappa shape index (κ1) is 8.75. The Morgan fingerprint density at radius 2 is 2.38 bits per heavy atom. The Balaban J connectivity index is 2.45. The van der Waals surface area contributed by atoms with E-state index in [1.165, 1.54) is 36.2 Å². The van der Waals surface area contributed by atoms with Crippen LogP contribution in [-0.2, 0) is 13.5 Å². The van der Waals surface area contributed by atoms with Crippen LogP contribution in [0.1, 0.15) is 35.7 Å². The summed E-state index contributed by atoms with van der Waals surface area (Å²) in [6.45, 7) is 2.88. The number of nitrogens with two attached hydrogens (primary N) is 1. The molecule has 1 aromatic heterocycles. The Morgan fingerprint density at radius 3 is 3.08 bits per heavy atom. The standard InChI is InChI=1S/C10H17N3/c1-7-9-5-3-4-8(6-11)10(9)12-13(7)2/h8H,3-6,11H2,1-2H3. The Kier molecular flexibility index (Phi) is 2.12. The van der Waals surface area contributed by atoms with Gasteiger partial charge in [-0.3, -0.25) is 4.68 Å². The van der Waals surface area contributed by atoms with Crippen molar-refractivity contribution in [2.45, 2.75) is 32.1 Å². The predicted octanol–water partition coefficient (Wildman–Crippen LogP) is 1.11. The van der Waals surface area contributed by atoms with E-state index in [0.717, 1.165) is 6.54 Å². The summed E-state index contributed by atoms with van der Waals surface area (Å²) < 4.78 is 1.98. The maximum atomic E-state index is 5.73. The lowest BCUT2D eigenvalue weighted by atomic mass is 9.87. The second kappa shape index (κ2) is 3.14. The summed E-state index contributed by atoms with van der Waals surface area (Å²) in [5.41, 5.74) is 9.75. The summed E-state index contributed by atoms with van der Waals surface area (Å²) in [5, 5.41) is 4.54. The molecule has 2 N–H and O–H groups in total. The fourth-order valence-electron chi connectivity index (χ4n) is 2.21. The highest BCUT2D eigenvalue weighted by atomic mass is 15.3. The second-order valence-electron chi connectivity index (χ2n) is 3.90. The lowest BCUT2D eigenvalue weighted by Gasteiger charge is -2.19. The molecule has 0 aliphatic heterocycles. The van der Waals surface area contributed by atoms with Crippen molar-refractivity contribution >= 4 is 0 Å². The lowest BCUT2D eigenvalue weighted by molar-refractivity contribution is 0.544. The number of fused-ring (bicyclic) bond motifs is 1. The van der Waals surface area contributed by atoms with E-state index in [9.17, 15) is 0 Å². The molecule has 3 nitrogen and oxygen atoms in total. The van der Waals surface area contributed by atoms with Crippen LogP contribution in [0.15, 0.2) is 0 Å². The van der Waals surface area contributed by atoms with Gasteiger partial charge in [0.15, 0.2) is 0 Å². The summed E-state index contributed by atoms with van der Waals surface area (Å²) in [5.74, 6) is 0.503. The molecule has 2 rings (SSSR count). The van der Waals surface area contributed by atoms with E-state index in [0.29, 0.717) is 5.92 Å². The molecule has 0 amide bonds. The van der Waals surface area contributed by atoms with Gasteiger partial charge in [0.25, 0.3) is 0 Å². The van der Waals surface area contributed by atoms with Crippen LogP contribution in [0.5, 0.6) is 0 Å². The van der Waals surface area contributed by atoms with Gasteiger partial charge in [0.1, 0.15) is 0 Å². The van der Waals surface area contributed by atoms with Crippen molar-refractivity contribution in [2.75, 3.05) is 6.54 Å². The number of nitrogens with zero attached hydrogens (tertiary/aromatic N) is 2. The van der Waals surface area contributed by atoms with E-state index in [1.54, 1.807) is 0 Å². The van der Waals surface area contributed by atoms with Gasteiger partial charge in [0.2, 0.25) is 0 Å². The minimum Gasteiger partial charge on any atom is -0.330 e. The molecule has 1 aliphatic carbocycles. The average molecular weight is 179 g/mol. The van der Waals surface area contributed by atoms with Crippen LogP contribution >= 0.6 is 0 Å². The zero-order valence-electron chi connectivity index (χ0n) is 8.38. The minimum atomic E-state index is 0.503. The van der Waals surface area contributed by atoms with Gasteiger partial charge in [-0.05, 0) is 31.7 Å². The highest BCUT2D eigenvalue weighted by Crippen LogP contribution is 2.31. The maximum absolute atomic E-state index is 5.73. The van der Waals surface area contributed by atoms with Crippen LogP contribution in [-0.4, -0.2) is 16.3 Å². The molecule has 1 heterocycles. The highest BCUT2D eigenvalue weighted by molar-refractivity contribution is 5.30. The molecule has 0 saturated carbocycles. The van der Waals surface area contributed by atoms with Crippen molar-refractivity contribution in [2.24, 2.45) is 12.8 Å². The Labute approximate surface area is 78.9 Å². The van der Waals surface area contributed by atoms with E-state index in [-0.39, 0.29) is 0 Å². The molecule has 0 spiro atoms. The first-order chi connectivity index (χ1) is 6.24. The van der Waals surface area contributed by atoms with Gasteiger partial charge in [-0.1, -0.05) is 0 Å². The van der Waals surface area contributed by atoms with E-state index in [2.05, 4.69) is 12.0 Å². The first-order valence-corrected chi connectivity index (χ1v) is 4.96. The molecule has 1 atom stereocenters. The van der Waals surface area contributed by atoms with Crippen molar-refractivity contribution < 1.29 is 0 Å². The van der Waals surface area contributed by atoms with Crippen molar-refractivity contribution in [1.82, 2.24) is 9.78 Å². The number of rotatable bonds is 1. The number of hydrogen-bond acceptors (Lipinski definition) is 2. The fourth-order valence-corrected chi connectivity index (χ4v) is 2.21. The minimum absolute atomic E-state index is 0.503. The first-order valence-electron chi connectivity index (χ1n) is 4.96. The van der Waals surface area contributed by atoms with Gasteiger partial charge in [0, 0.05) is 25.2 Å². The summed E-state index contributed by atoms with van der Waals surface area (Å²) in [6.07, 6.45) is 3.66. The predicted molar refractivity (Wildman–Crippen MR) is 52.7 cm³/mol. The van der Waals surface area contributed by atoms with Crippen LogP contribution < -0.4 is 5.73 Å². The Bertz CT molecular complexity index is 314. The van der Waals surface area contributed by atoms with Gasteiger partial charge in [-0.2, -0.15) is 5.10 Å². The van der Waals surface area contributed by atoms with Crippen molar-refractivity contribution in [3.05, 3.63) is 17.0 Å². The zero-order chi connectivity index (χ0) is 9.42. The van der Waals surface area contributed by atoms with Crippen LogP contribution in [0.4, 0.5) is 0 Å². The normalized spacial score (nSPS) is 21.6. The van der Waals surface area contributed by atoms with E-state index < -0.39 is 0 Å². The summed E-state index contributed by atoms with van der Waals surface area (Å²) >= 11 is 0. The average Bonchev–Trinajstić information content (AvgIpc) is 2.43.